The first-order valence-corrected chi connectivity index (χ1v) is 9.05. The lowest BCUT2D eigenvalue weighted by atomic mass is 9.92. The first-order valence-electron chi connectivity index (χ1n) is 7.57. The number of sulfonamides is 1. The Hall–Kier alpha value is -1.07. The summed E-state index contributed by atoms with van der Waals surface area (Å²) in [6.07, 6.45) is 3.55. The molecule has 1 aliphatic carbocycles. The molecule has 0 saturated heterocycles. The van der Waals surface area contributed by atoms with Crippen molar-refractivity contribution in [1.82, 2.24) is 4.72 Å². The zero-order valence-electron chi connectivity index (χ0n) is 13.3. The van der Waals surface area contributed by atoms with Crippen molar-refractivity contribution in [2.75, 3.05) is 5.32 Å². The summed E-state index contributed by atoms with van der Waals surface area (Å²) in [5, 5.41) is 3.50. The second-order valence-electron chi connectivity index (χ2n) is 7.05. The highest BCUT2D eigenvalue weighted by atomic mass is 32.2. The predicted molar refractivity (Wildman–Crippen MR) is 86.9 cm³/mol. The average molecular weight is 310 g/mol. The van der Waals surface area contributed by atoms with Crippen molar-refractivity contribution in [2.45, 2.75) is 63.9 Å². The van der Waals surface area contributed by atoms with E-state index in [4.69, 9.17) is 0 Å². The molecule has 1 aromatic rings. The minimum atomic E-state index is -3.40. The van der Waals surface area contributed by atoms with Gasteiger partial charge in [0, 0.05) is 17.8 Å². The molecule has 1 aromatic carbocycles. The molecular formula is C16H26N2O2S. The van der Waals surface area contributed by atoms with Gasteiger partial charge in [-0.25, -0.2) is 13.1 Å². The van der Waals surface area contributed by atoms with E-state index in [1.807, 2.05) is 26.0 Å². The zero-order chi connectivity index (χ0) is 15.7. The van der Waals surface area contributed by atoms with Crippen LogP contribution in [-0.2, 0) is 10.0 Å². The molecule has 0 heterocycles. The van der Waals surface area contributed by atoms with Crippen LogP contribution in [0.15, 0.2) is 29.2 Å². The number of hydrogen-bond donors (Lipinski definition) is 2. The maximum Gasteiger partial charge on any atom is 0.240 e. The summed E-state index contributed by atoms with van der Waals surface area (Å²) in [6.45, 7) is 8.22. The lowest BCUT2D eigenvalue weighted by molar-refractivity contribution is 0.378. The Morgan fingerprint density at radius 1 is 1.19 bits per heavy atom. The molecule has 5 heteroatoms. The van der Waals surface area contributed by atoms with Crippen LogP contribution in [-0.4, -0.2) is 20.5 Å². The van der Waals surface area contributed by atoms with Crippen LogP contribution in [0, 0.1) is 5.41 Å². The summed E-state index contributed by atoms with van der Waals surface area (Å²) < 4.78 is 26.7. The molecule has 0 amide bonds. The van der Waals surface area contributed by atoms with Crippen LogP contribution in [0.2, 0.25) is 0 Å². The van der Waals surface area contributed by atoms with Gasteiger partial charge in [-0.3, -0.25) is 0 Å². The van der Waals surface area contributed by atoms with Gasteiger partial charge >= 0.3 is 0 Å². The number of anilines is 1. The Bertz CT molecular complexity index is 577. The van der Waals surface area contributed by atoms with E-state index in [0.29, 0.717) is 16.4 Å². The Labute approximate surface area is 128 Å². The molecule has 4 nitrogen and oxygen atoms in total. The average Bonchev–Trinajstić information content (AvgIpc) is 2.68. The maximum absolute atomic E-state index is 12.1. The maximum atomic E-state index is 12.1. The molecule has 1 fully saturated rings. The van der Waals surface area contributed by atoms with E-state index < -0.39 is 10.0 Å². The lowest BCUT2D eigenvalue weighted by Crippen LogP contribution is -2.30. The summed E-state index contributed by atoms with van der Waals surface area (Å²) in [7, 11) is -3.40. The Morgan fingerprint density at radius 2 is 1.81 bits per heavy atom. The fourth-order valence-corrected chi connectivity index (χ4v) is 4.15. The molecule has 0 aliphatic heterocycles. The largest absolute Gasteiger partial charge is 0.382 e. The van der Waals surface area contributed by atoms with Crippen LogP contribution in [0.25, 0.3) is 0 Å². The fourth-order valence-electron chi connectivity index (χ4n) is 2.90. The molecule has 1 saturated carbocycles. The van der Waals surface area contributed by atoms with Gasteiger partial charge in [-0.2, -0.15) is 0 Å². The monoisotopic (exact) mass is 310 g/mol. The van der Waals surface area contributed by atoms with E-state index in [9.17, 15) is 8.42 Å². The summed E-state index contributed by atoms with van der Waals surface area (Å²) in [6, 6.07) is 7.39. The van der Waals surface area contributed by atoms with Crippen molar-refractivity contribution in [1.29, 1.82) is 0 Å². The van der Waals surface area contributed by atoms with E-state index in [0.717, 1.165) is 12.1 Å². The minimum Gasteiger partial charge on any atom is -0.382 e. The fraction of sp³-hybridized carbons (Fsp3) is 0.625. The van der Waals surface area contributed by atoms with E-state index in [2.05, 4.69) is 23.9 Å². The molecule has 2 rings (SSSR count). The van der Waals surface area contributed by atoms with Crippen LogP contribution in [0.3, 0.4) is 0 Å². The van der Waals surface area contributed by atoms with Gasteiger partial charge in [0.05, 0.1) is 4.90 Å². The highest BCUT2D eigenvalue weighted by Crippen LogP contribution is 2.38. The van der Waals surface area contributed by atoms with Gasteiger partial charge in [-0.05, 0) is 62.8 Å². The third-order valence-electron chi connectivity index (χ3n) is 3.89. The Morgan fingerprint density at radius 3 is 2.29 bits per heavy atom. The van der Waals surface area contributed by atoms with Crippen LogP contribution >= 0.6 is 0 Å². The van der Waals surface area contributed by atoms with E-state index in [1.165, 1.54) is 12.8 Å². The molecule has 118 valence electrons. The van der Waals surface area contributed by atoms with Gasteiger partial charge < -0.3 is 5.32 Å². The third kappa shape index (κ3) is 4.45. The number of hydrogen-bond acceptors (Lipinski definition) is 3. The molecule has 0 spiro atoms. The lowest BCUT2D eigenvalue weighted by Gasteiger charge is -2.18. The van der Waals surface area contributed by atoms with E-state index >= 15 is 0 Å². The molecule has 0 bridgehead atoms. The standard InChI is InChI=1S/C16H26N2O2S/c1-12(2)18-21(19,20)15-7-5-13(6-8-15)17-14-9-10-16(3,4)11-14/h5-8,12,14,17-18H,9-11H2,1-4H3. The summed E-state index contributed by atoms with van der Waals surface area (Å²) in [5.41, 5.74) is 1.39. The first-order chi connectivity index (χ1) is 9.68. The number of nitrogens with one attached hydrogen (secondary N) is 2. The summed E-state index contributed by atoms with van der Waals surface area (Å²) in [4.78, 5) is 0.313. The second-order valence-corrected chi connectivity index (χ2v) is 8.76. The third-order valence-corrected chi connectivity index (χ3v) is 5.57. The van der Waals surface area contributed by atoms with Gasteiger partial charge in [-0.1, -0.05) is 13.8 Å². The van der Waals surface area contributed by atoms with Crippen molar-refractivity contribution in [3.8, 4) is 0 Å². The molecule has 1 atom stereocenters. The van der Waals surface area contributed by atoms with Gasteiger partial charge in [-0.15, -0.1) is 0 Å². The number of rotatable bonds is 5. The van der Waals surface area contributed by atoms with Crippen molar-refractivity contribution >= 4 is 15.7 Å². The van der Waals surface area contributed by atoms with Crippen LogP contribution in [0.4, 0.5) is 5.69 Å². The SMILES string of the molecule is CC(C)NS(=O)(=O)c1ccc(NC2CCC(C)(C)C2)cc1. The molecule has 0 aromatic heterocycles. The topological polar surface area (TPSA) is 58.2 Å². The van der Waals surface area contributed by atoms with Gasteiger partial charge in [0.1, 0.15) is 0 Å². The quantitative estimate of drug-likeness (QED) is 0.876. The predicted octanol–water partition coefficient (Wildman–Crippen LogP) is 3.36. The molecule has 21 heavy (non-hydrogen) atoms. The zero-order valence-corrected chi connectivity index (χ0v) is 14.1. The Balaban J connectivity index is 2.03. The smallest absolute Gasteiger partial charge is 0.240 e. The second kappa shape index (κ2) is 5.97. The van der Waals surface area contributed by atoms with Crippen molar-refractivity contribution in [3.05, 3.63) is 24.3 Å². The molecule has 1 unspecified atom stereocenters. The summed E-state index contributed by atoms with van der Waals surface area (Å²) >= 11 is 0. The van der Waals surface area contributed by atoms with E-state index in [1.54, 1.807) is 12.1 Å². The van der Waals surface area contributed by atoms with Crippen molar-refractivity contribution < 1.29 is 8.42 Å². The molecule has 1 aliphatic rings. The normalized spacial score (nSPS) is 21.7. The molecule has 0 radical (unpaired) electrons. The molecular weight excluding hydrogens is 284 g/mol. The van der Waals surface area contributed by atoms with Crippen molar-refractivity contribution in [2.24, 2.45) is 5.41 Å². The van der Waals surface area contributed by atoms with Gasteiger partial charge in [0.2, 0.25) is 10.0 Å². The Kier molecular flexibility index (Phi) is 4.63. The van der Waals surface area contributed by atoms with Crippen LogP contribution in [0.1, 0.15) is 47.0 Å². The number of benzene rings is 1. The highest BCUT2D eigenvalue weighted by molar-refractivity contribution is 7.89. The molecule has 2 N–H and O–H groups in total. The van der Waals surface area contributed by atoms with E-state index in [-0.39, 0.29) is 6.04 Å². The highest BCUT2D eigenvalue weighted by Gasteiger charge is 2.30. The first kappa shape index (κ1) is 16.3. The van der Waals surface area contributed by atoms with Gasteiger partial charge in [0.15, 0.2) is 0 Å². The van der Waals surface area contributed by atoms with Crippen LogP contribution in [0.5, 0.6) is 0 Å². The minimum absolute atomic E-state index is 0.103. The van der Waals surface area contributed by atoms with Crippen LogP contribution < -0.4 is 10.0 Å². The van der Waals surface area contributed by atoms with Gasteiger partial charge in [0.25, 0.3) is 0 Å². The summed E-state index contributed by atoms with van der Waals surface area (Å²) in [5.74, 6) is 0. The van der Waals surface area contributed by atoms with Crippen molar-refractivity contribution in [3.63, 3.8) is 0 Å².